The number of nitrogens with one attached hydrogen (secondary N) is 1. The summed E-state index contributed by atoms with van der Waals surface area (Å²) in [6.07, 6.45) is 1.01. The van der Waals surface area contributed by atoms with Crippen molar-refractivity contribution < 1.29 is 24.6 Å². The largest absolute Gasteiger partial charge is 0.480 e. The van der Waals surface area contributed by atoms with E-state index in [-0.39, 0.29) is 17.1 Å². The van der Waals surface area contributed by atoms with Gasteiger partial charge in [0.1, 0.15) is 11.9 Å². The van der Waals surface area contributed by atoms with Crippen LogP contribution >= 0.6 is 0 Å². The zero-order valence-corrected chi connectivity index (χ0v) is 17.6. The van der Waals surface area contributed by atoms with Crippen molar-refractivity contribution in [3.63, 3.8) is 0 Å². The van der Waals surface area contributed by atoms with Crippen molar-refractivity contribution in [3.8, 4) is 0 Å². The third-order valence-electron chi connectivity index (χ3n) is 5.08. The minimum atomic E-state index is -1.39. The molecule has 1 atom stereocenters. The highest BCUT2D eigenvalue weighted by Crippen LogP contribution is 2.21. The van der Waals surface area contributed by atoms with Crippen molar-refractivity contribution in [2.75, 3.05) is 11.5 Å². The summed E-state index contributed by atoms with van der Waals surface area (Å²) in [4.78, 5) is 42.8. The summed E-state index contributed by atoms with van der Waals surface area (Å²) in [5.41, 5.74) is 14.2. The lowest BCUT2D eigenvalue weighted by atomic mass is 10.0. The van der Waals surface area contributed by atoms with Gasteiger partial charge in [0.2, 0.25) is 5.95 Å². The number of nitrogen functional groups attached to an aromatic ring is 2. The fourth-order valence-corrected chi connectivity index (χ4v) is 3.26. The predicted molar refractivity (Wildman–Crippen MR) is 122 cm³/mol. The van der Waals surface area contributed by atoms with Crippen molar-refractivity contribution in [2.45, 2.75) is 25.3 Å². The van der Waals surface area contributed by atoms with Gasteiger partial charge in [-0.15, -0.1) is 0 Å². The highest BCUT2D eigenvalue weighted by molar-refractivity contribution is 5.97. The number of carboxylic acid groups (broad SMARTS) is 2. The number of aryl methyl sites for hydroxylation is 2. The number of anilines is 2. The summed E-state index contributed by atoms with van der Waals surface area (Å²) >= 11 is 0. The van der Waals surface area contributed by atoms with Gasteiger partial charge >= 0.3 is 11.9 Å². The number of nitrogens with two attached hydrogens (primary N) is 2. The normalized spacial score (nSPS) is 11.6. The number of carbonyl (C=O) groups is 3. The van der Waals surface area contributed by atoms with Gasteiger partial charge in [-0.3, -0.25) is 4.79 Å². The van der Waals surface area contributed by atoms with Crippen molar-refractivity contribution in [3.05, 3.63) is 71.3 Å². The van der Waals surface area contributed by atoms with E-state index in [4.69, 9.17) is 16.6 Å². The van der Waals surface area contributed by atoms with Crippen LogP contribution in [-0.2, 0) is 22.4 Å². The third kappa shape index (κ3) is 5.82. The molecule has 7 N–H and O–H groups in total. The molecule has 0 saturated carbocycles. The second-order valence-corrected chi connectivity index (χ2v) is 7.49. The van der Waals surface area contributed by atoms with Crippen LogP contribution in [0.25, 0.3) is 10.9 Å². The standard InChI is InChI=1S/C23H23N5O5/c1-12(21(30)31)10-18(22(32)33)26-20(29)15-7-4-13(5-8-15)2-3-14-6-9-17-16(11-14)19(24)28-23(25)27-17/h4-9,11,18H,1-3,10H2,(H,26,29)(H,30,31)(H,32,33)(H4,24,25,27,28)/t18-/m1/s1. The number of hydrogen-bond donors (Lipinski definition) is 5. The maximum Gasteiger partial charge on any atom is 0.331 e. The number of aliphatic carboxylic acids is 2. The molecule has 1 heterocycles. The van der Waals surface area contributed by atoms with E-state index in [0.717, 1.165) is 16.5 Å². The maximum atomic E-state index is 12.4. The molecule has 33 heavy (non-hydrogen) atoms. The van der Waals surface area contributed by atoms with Gasteiger partial charge < -0.3 is 27.0 Å². The number of aromatic nitrogens is 2. The predicted octanol–water partition coefficient (Wildman–Crippen LogP) is 1.79. The second kappa shape index (κ2) is 9.77. The molecular formula is C23H23N5O5. The Hall–Kier alpha value is -4.47. The van der Waals surface area contributed by atoms with Crippen LogP contribution < -0.4 is 16.8 Å². The first-order valence-electron chi connectivity index (χ1n) is 9.99. The van der Waals surface area contributed by atoms with Crippen LogP contribution in [0.5, 0.6) is 0 Å². The first kappa shape index (κ1) is 23.2. The van der Waals surface area contributed by atoms with E-state index >= 15 is 0 Å². The molecule has 0 saturated heterocycles. The average molecular weight is 449 g/mol. The second-order valence-electron chi connectivity index (χ2n) is 7.49. The summed E-state index contributed by atoms with van der Waals surface area (Å²) < 4.78 is 0. The summed E-state index contributed by atoms with van der Waals surface area (Å²) in [6.45, 7) is 3.31. The van der Waals surface area contributed by atoms with Gasteiger partial charge in [0.25, 0.3) is 5.91 Å². The van der Waals surface area contributed by atoms with Gasteiger partial charge in [-0.05, 0) is 48.2 Å². The SMILES string of the molecule is C=C(C[C@@H](NC(=O)c1ccc(CCc2ccc3nc(N)nc(N)c3c2)cc1)C(=O)O)C(=O)O. The molecule has 0 unspecified atom stereocenters. The van der Waals surface area contributed by atoms with Gasteiger partial charge in [-0.25, -0.2) is 14.6 Å². The van der Waals surface area contributed by atoms with Crippen LogP contribution in [0.4, 0.5) is 11.8 Å². The molecule has 1 aromatic heterocycles. The monoisotopic (exact) mass is 449 g/mol. The van der Waals surface area contributed by atoms with Crippen LogP contribution in [0.2, 0.25) is 0 Å². The van der Waals surface area contributed by atoms with E-state index in [1.165, 1.54) is 0 Å². The Bertz CT molecular complexity index is 1240. The van der Waals surface area contributed by atoms with Gasteiger partial charge in [0, 0.05) is 22.9 Å². The molecule has 1 amide bonds. The molecule has 0 radical (unpaired) electrons. The molecule has 0 bridgehead atoms. The maximum absolute atomic E-state index is 12.4. The van der Waals surface area contributed by atoms with Gasteiger partial charge in [0.05, 0.1) is 5.52 Å². The summed E-state index contributed by atoms with van der Waals surface area (Å²) in [6, 6.07) is 11.0. The fraction of sp³-hybridized carbons (Fsp3) is 0.174. The topological polar surface area (TPSA) is 182 Å². The summed E-state index contributed by atoms with van der Waals surface area (Å²) in [5, 5.41) is 21.2. The lowest BCUT2D eigenvalue weighted by Gasteiger charge is -2.14. The molecule has 0 spiro atoms. The molecular weight excluding hydrogens is 426 g/mol. The zero-order valence-electron chi connectivity index (χ0n) is 17.6. The molecule has 0 aliphatic heterocycles. The van der Waals surface area contributed by atoms with E-state index in [1.54, 1.807) is 24.3 Å². The summed E-state index contributed by atoms with van der Waals surface area (Å²) in [5.74, 6) is -2.83. The number of benzene rings is 2. The van der Waals surface area contributed by atoms with Crippen LogP contribution in [0, 0.1) is 0 Å². The first-order chi connectivity index (χ1) is 15.6. The van der Waals surface area contributed by atoms with Crippen molar-refractivity contribution in [1.29, 1.82) is 0 Å². The highest BCUT2D eigenvalue weighted by atomic mass is 16.4. The first-order valence-corrected chi connectivity index (χ1v) is 9.99. The lowest BCUT2D eigenvalue weighted by molar-refractivity contribution is -0.139. The Morgan fingerprint density at radius 3 is 2.24 bits per heavy atom. The highest BCUT2D eigenvalue weighted by Gasteiger charge is 2.23. The molecule has 0 aliphatic rings. The van der Waals surface area contributed by atoms with Crippen molar-refractivity contribution in [1.82, 2.24) is 15.3 Å². The number of rotatable bonds is 9. The van der Waals surface area contributed by atoms with Crippen LogP contribution in [0.15, 0.2) is 54.6 Å². The van der Waals surface area contributed by atoms with E-state index in [0.29, 0.717) is 24.2 Å². The number of carboxylic acids is 2. The number of carbonyl (C=O) groups excluding carboxylic acids is 1. The smallest absolute Gasteiger partial charge is 0.331 e. The quantitative estimate of drug-likeness (QED) is 0.304. The number of fused-ring (bicyclic) bond motifs is 1. The number of hydrogen-bond acceptors (Lipinski definition) is 7. The summed E-state index contributed by atoms with van der Waals surface area (Å²) in [7, 11) is 0. The van der Waals surface area contributed by atoms with E-state index < -0.39 is 30.3 Å². The number of nitrogens with zero attached hydrogens (tertiary/aromatic N) is 2. The Kier molecular flexibility index (Phi) is 6.87. The Balaban J connectivity index is 1.63. The van der Waals surface area contributed by atoms with Crippen molar-refractivity contribution >= 4 is 40.5 Å². The average Bonchev–Trinajstić information content (AvgIpc) is 2.77. The molecule has 10 nitrogen and oxygen atoms in total. The molecule has 2 aromatic carbocycles. The Labute approximate surface area is 189 Å². The lowest BCUT2D eigenvalue weighted by Crippen LogP contribution is -2.41. The fourth-order valence-electron chi connectivity index (χ4n) is 3.26. The molecule has 0 aliphatic carbocycles. The van der Waals surface area contributed by atoms with E-state index in [2.05, 4.69) is 21.9 Å². The Morgan fingerprint density at radius 2 is 1.61 bits per heavy atom. The van der Waals surface area contributed by atoms with E-state index in [1.807, 2.05) is 18.2 Å². The Morgan fingerprint density at radius 1 is 0.970 bits per heavy atom. The minimum Gasteiger partial charge on any atom is -0.480 e. The third-order valence-corrected chi connectivity index (χ3v) is 5.08. The molecule has 0 fully saturated rings. The molecule has 170 valence electrons. The van der Waals surface area contributed by atoms with Gasteiger partial charge in [0.15, 0.2) is 0 Å². The molecule has 3 rings (SSSR count). The molecule has 10 heteroatoms. The van der Waals surface area contributed by atoms with Crippen LogP contribution in [-0.4, -0.2) is 44.1 Å². The van der Waals surface area contributed by atoms with Gasteiger partial charge in [-0.1, -0.05) is 24.8 Å². The van der Waals surface area contributed by atoms with Gasteiger partial charge in [-0.2, -0.15) is 4.98 Å². The zero-order chi connectivity index (χ0) is 24.1. The number of amides is 1. The van der Waals surface area contributed by atoms with Crippen LogP contribution in [0.3, 0.4) is 0 Å². The van der Waals surface area contributed by atoms with Crippen LogP contribution in [0.1, 0.15) is 27.9 Å². The minimum absolute atomic E-state index is 0.123. The van der Waals surface area contributed by atoms with Crippen molar-refractivity contribution in [2.24, 2.45) is 0 Å². The van der Waals surface area contributed by atoms with E-state index in [9.17, 15) is 19.5 Å². The molecule has 3 aromatic rings.